The largest absolute Gasteiger partial charge is 0.361 e. The van der Waals surface area contributed by atoms with Gasteiger partial charge in [-0.05, 0) is 23.3 Å². The van der Waals surface area contributed by atoms with Crippen LogP contribution in [0.1, 0.15) is 17.2 Å². The third-order valence-electron chi connectivity index (χ3n) is 3.90. The van der Waals surface area contributed by atoms with E-state index in [0.29, 0.717) is 6.54 Å². The van der Waals surface area contributed by atoms with Crippen molar-refractivity contribution < 1.29 is 8.42 Å². The lowest BCUT2D eigenvalue weighted by Crippen LogP contribution is -2.27. The summed E-state index contributed by atoms with van der Waals surface area (Å²) in [4.78, 5) is 3.19. The molecule has 3 aromatic rings. The van der Waals surface area contributed by atoms with E-state index in [1.165, 1.54) is 6.26 Å². The van der Waals surface area contributed by atoms with Crippen LogP contribution >= 0.6 is 0 Å². The number of H-pyrrole nitrogens is 1. The maximum Gasteiger partial charge on any atom is 0.149 e. The van der Waals surface area contributed by atoms with Crippen molar-refractivity contribution in [2.75, 3.05) is 12.0 Å². The summed E-state index contributed by atoms with van der Waals surface area (Å²) >= 11 is 0. The average Bonchev–Trinajstić information content (AvgIpc) is 3.00. The number of hydrogen-bond donors (Lipinski definition) is 2. The molecule has 0 aliphatic heterocycles. The van der Waals surface area contributed by atoms with E-state index >= 15 is 0 Å². The van der Waals surface area contributed by atoms with E-state index in [4.69, 9.17) is 0 Å². The number of aromatic amines is 1. The maximum atomic E-state index is 11.8. The lowest BCUT2D eigenvalue weighted by molar-refractivity contribution is 0.552. The molecule has 0 saturated heterocycles. The number of rotatable bonds is 6. The van der Waals surface area contributed by atoms with Crippen LogP contribution in [0.3, 0.4) is 0 Å². The van der Waals surface area contributed by atoms with Gasteiger partial charge in [-0.1, -0.05) is 42.5 Å². The van der Waals surface area contributed by atoms with Gasteiger partial charge in [-0.2, -0.15) is 0 Å². The van der Waals surface area contributed by atoms with E-state index in [-0.39, 0.29) is 11.8 Å². The molecule has 0 unspecified atom stereocenters. The minimum absolute atomic E-state index is 0.0835. The normalized spacial score (nSPS) is 13.3. The van der Waals surface area contributed by atoms with E-state index in [2.05, 4.69) is 16.4 Å². The fourth-order valence-electron chi connectivity index (χ4n) is 2.80. The molecular weight excluding hydrogens is 308 g/mol. The Morgan fingerprint density at radius 2 is 1.83 bits per heavy atom. The molecule has 0 fully saturated rings. The second-order valence-corrected chi connectivity index (χ2v) is 7.98. The van der Waals surface area contributed by atoms with Crippen LogP contribution in [0.4, 0.5) is 0 Å². The lowest BCUT2D eigenvalue weighted by Gasteiger charge is -2.19. The Hall–Kier alpha value is -2.11. The minimum Gasteiger partial charge on any atom is -0.361 e. The first-order valence-corrected chi connectivity index (χ1v) is 9.60. The summed E-state index contributed by atoms with van der Waals surface area (Å²) in [5, 5.41) is 4.56. The molecule has 0 saturated carbocycles. The summed E-state index contributed by atoms with van der Waals surface area (Å²) in [6, 6.07) is 17.6. The number of fused-ring (bicyclic) bond motifs is 1. The molecule has 2 aromatic carbocycles. The molecule has 0 aliphatic rings. The molecule has 0 aliphatic carbocycles. The summed E-state index contributed by atoms with van der Waals surface area (Å²) in [5.41, 5.74) is 3.22. The molecule has 4 nitrogen and oxygen atoms in total. The molecule has 0 radical (unpaired) electrons. The van der Waals surface area contributed by atoms with Gasteiger partial charge in [-0.25, -0.2) is 8.42 Å². The monoisotopic (exact) mass is 328 g/mol. The van der Waals surface area contributed by atoms with Gasteiger partial charge < -0.3 is 10.3 Å². The minimum atomic E-state index is -3.08. The molecule has 0 amide bonds. The van der Waals surface area contributed by atoms with Crippen molar-refractivity contribution in [2.24, 2.45) is 0 Å². The Morgan fingerprint density at radius 1 is 1.04 bits per heavy atom. The summed E-state index contributed by atoms with van der Waals surface area (Å²) in [5.74, 6) is 0.0835. The van der Waals surface area contributed by atoms with Crippen LogP contribution < -0.4 is 5.32 Å². The van der Waals surface area contributed by atoms with E-state index < -0.39 is 9.84 Å². The highest BCUT2D eigenvalue weighted by atomic mass is 32.2. The van der Waals surface area contributed by atoms with Crippen LogP contribution in [0.15, 0.2) is 60.8 Å². The first kappa shape index (κ1) is 15.8. The van der Waals surface area contributed by atoms with Gasteiger partial charge in [-0.3, -0.25) is 0 Å². The zero-order valence-corrected chi connectivity index (χ0v) is 13.8. The van der Waals surface area contributed by atoms with Gasteiger partial charge in [0.15, 0.2) is 0 Å². The topological polar surface area (TPSA) is 62.0 Å². The molecule has 3 rings (SSSR count). The zero-order chi connectivity index (χ0) is 16.3. The smallest absolute Gasteiger partial charge is 0.149 e. The van der Waals surface area contributed by atoms with Crippen molar-refractivity contribution in [1.29, 1.82) is 0 Å². The SMILES string of the molecule is CS(=O)(=O)C[C@H](NCc1cccc2[nH]ccc12)c1ccccc1. The third kappa shape index (κ3) is 4.00. The van der Waals surface area contributed by atoms with Crippen molar-refractivity contribution in [3.63, 3.8) is 0 Å². The van der Waals surface area contributed by atoms with Crippen LogP contribution in [0, 0.1) is 0 Å². The molecular formula is C18H20N2O2S. The van der Waals surface area contributed by atoms with Crippen LogP contribution in [-0.2, 0) is 16.4 Å². The second kappa shape index (κ2) is 6.56. The zero-order valence-electron chi connectivity index (χ0n) is 13.0. The molecule has 1 aromatic heterocycles. The lowest BCUT2D eigenvalue weighted by atomic mass is 10.1. The Labute approximate surface area is 136 Å². The van der Waals surface area contributed by atoms with Gasteiger partial charge >= 0.3 is 0 Å². The van der Waals surface area contributed by atoms with E-state index in [1.54, 1.807) is 0 Å². The standard InChI is InChI=1S/C18H20N2O2S/c1-23(21,22)13-18(14-6-3-2-4-7-14)20-12-15-8-5-9-17-16(15)10-11-19-17/h2-11,18-20H,12-13H2,1H3/t18-/m0/s1. The highest BCUT2D eigenvalue weighted by Crippen LogP contribution is 2.20. The van der Waals surface area contributed by atoms with Gasteiger partial charge in [0.2, 0.25) is 0 Å². The molecule has 5 heteroatoms. The molecule has 1 atom stereocenters. The van der Waals surface area contributed by atoms with Crippen molar-refractivity contribution in [3.8, 4) is 0 Å². The van der Waals surface area contributed by atoms with Crippen LogP contribution in [0.5, 0.6) is 0 Å². The van der Waals surface area contributed by atoms with E-state index in [1.807, 2.05) is 54.7 Å². The summed E-state index contributed by atoms with van der Waals surface area (Å²) in [6.07, 6.45) is 3.19. The van der Waals surface area contributed by atoms with Crippen molar-refractivity contribution in [3.05, 3.63) is 71.9 Å². The highest BCUT2D eigenvalue weighted by molar-refractivity contribution is 7.90. The molecule has 23 heavy (non-hydrogen) atoms. The molecule has 2 N–H and O–H groups in total. The van der Waals surface area contributed by atoms with Gasteiger partial charge in [0.05, 0.1) is 5.75 Å². The molecule has 1 heterocycles. The fourth-order valence-corrected chi connectivity index (χ4v) is 3.71. The third-order valence-corrected chi connectivity index (χ3v) is 4.83. The van der Waals surface area contributed by atoms with Gasteiger partial charge in [0.25, 0.3) is 0 Å². The summed E-state index contributed by atoms with van der Waals surface area (Å²) < 4.78 is 23.5. The Balaban J connectivity index is 1.83. The number of sulfone groups is 1. The van der Waals surface area contributed by atoms with Crippen molar-refractivity contribution in [1.82, 2.24) is 10.3 Å². The predicted molar refractivity (Wildman–Crippen MR) is 94.0 cm³/mol. The van der Waals surface area contributed by atoms with Gasteiger partial charge in [-0.15, -0.1) is 0 Å². The predicted octanol–water partition coefficient (Wildman–Crippen LogP) is 3.04. The van der Waals surface area contributed by atoms with E-state index in [0.717, 1.165) is 22.0 Å². The second-order valence-electron chi connectivity index (χ2n) is 5.79. The number of nitrogens with one attached hydrogen (secondary N) is 2. The van der Waals surface area contributed by atoms with Crippen molar-refractivity contribution >= 4 is 20.7 Å². The fraction of sp³-hybridized carbons (Fsp3) is 0.222. The Kier molecular flexibility index (Phi) is 4.50. The van der Waals surface area contributed by atoms with E-state index in [9.17, 15) is 8.42 Å². The molecule has 0 spiro atoms. The van der Waals surface area contributed by atoms with Crippen LogP contribution in [0.2, 0.25) is 0 Å². The van der Waals surface area contributed by atoms with Crippen LogP contribution in [-0.4, -0.2) is 25.4 Å². The number of benzene rings is 2. The number of hydrogen-bond acceptors (Lipinski definition) is 3. The quantitative estimate of drug-likeness (QED) is 0.731. The summed E-state index contributed by atoms with van der Waals surface area (Å²) in [6.45, 7) is 0.615. The average molecular weight is 328 g/mol. The molecule has 0 bridgehead atoms. The summed E-state index contributed by atoms with van der Waals surface area (Å²) in [7, 11) is -3.08. The van der Waals surface area contributed by atoms with Gasteiger partial charge in [0.1, 0.15) is 9.84 Å². The first-order valence-electron chi connectivity index (χ1n) is 7.54. The molecule has 120 valence electrons. The van der Waals surface area contributed by atoms with Crippen LogP contribution in [0.25, 0.3) is 10.9 Å². The maximum absolute atomic E-state index is 11.8. The Bertz CT molecular complexity index is 886. The van der Waals surface area contributed by atoms with Gasteiger partial charge in [0, 0.05) is 35.9 Å². The number of aromatic nitrogens is 1. The first-order chi connectivity index (χ1) is 11.0. The highest BCUT2D eigenvalue weighted by Gasteiger charge is 2.17. The Morgan fingerprint density at radius 3 is 2.57 bits per heavy atom. The van der Waals surface area contributed by atoms with Crippen molar-refractivity contribution in [2.45, 2.75) is 12.6 Å².